The molecule has 1 aliphatic heterocycles. The Balaban J connectivity index is 1.49. The standard InChI is InChI=1S/C15H17FN4O3/c16-11-3-1-2-4-12(11)20-8-6-10(9-20)14(21)17-7-5-13-18-15(22)23-19-13/h1-4,10H,5-9H2,(H,17,21)(H,18,19,22). The molecule has 0 saturated carbocycles. The molecule has 2 aromatic rings. The average molecular weight is 320 g/mol. The van der Waals surface area contributed by atoms with Gasteiger partial charge in [-0.25, -0.2) is 9.18 Å². The molecule has 1 fully saturated rings. The lowest BCUT2D eigenvalue weighted by molar-refractivity contribution is -0.124. The second-order valence-electron chi connectivity index (χ2n) is 5.47. The fourth-order valence-corrected chi connectivity index (χ4v) is 2.72. The van der Waals surface area contributed by atoms with Crippen LogP contribution in [0.2, 0.25) is 0 Å². The Morgan fingerprint density at radius 1 is 1.48 bits per heavy atom. The van der Waals surface area contributed by atoms with E-state index in [1.54, 1.807) is 18.2 Å². The Morgan fingerprint density at radius 3 is 3.04 bits per heavy atom. The summed E-state index contributed by atoms with van der Waals surface area (Å²) in [7, 11) is 0. The predicted molar refractivity (Wildman–Crippen MR) is 80.6 cm³/mol. The molecule has 7 nitrogen and oxygen atoms in total. The van der Waals surface area contributed by atoms with E-state index in [9.17, 15) is 14.0 Å². The molecule has 1 aromatic heterocycles. The highest BCUT2D eigenvalue weighted by Crippen LogP contribution is 2.26. The fourth-order valence-electron chi connectivity index (χ4n) is 2.72. The van der Waals surface area contributed by atoms with Gasteiger partial charge in [-0.3, -0.25) is 14.3 Å². The van der Waals surface area contributed by atoms with Crippen LogP contribution in [0.4, 0.5) is 10.1 Å². The molecule has 2 N–H and O–H groups in total. The minimum Gasteiger partial charge on any atom is -0.368 e. The van der Waals surface area contributed by atoms with Gasteiger partial charge in [-0.05, 0) is 18.6 Å². The molecule has 1 atom stereocenters. The summed E-state index contributed by atoms with van der Waals surface area (Å²) in [5, 5.41) is 6.33. The third-order valence-electron chi connectivity index (χ3n) is 3.90. The van der Waals surface area contributed by atoms with Crippen molar-refractivity contribution < 1.29 is 13.7 Å². The first kappa shape index (κ1) is 15.3. The van der Waals surface area contributed by atoms with Crippen LogP contribution in [0.5, 0.6) is 0 Å². The second kappa shape index (κ2) is 6.64. The first-order valence-electron chi connectivity index (χ1n) is 7.45. The maximum Gasteiger partial charge on any atom is 0.438 e. The number of nitrogens with zero attached hydrogens (tertiary/aromatic N) is 2. The van der Waals surface area contributed by atoms with Gasteiger partial charge < -0.3 is 10.2 Å². The summed E-state index contributed by atoms with van der Waals surface area (Å²) in [5.41, 5.74) is 0.531. The molecule has 1 amide bonds. The Morgan fingerprint density at radius 2 is 2.30 bits per heavy atom. The molecule has 0 spiro atoms. The lowest BCUT2D eigenvalue weighted by atomic mass is 10.1. The molecule has 23 heavy (non-hydrogen) atoms. The van der Waals surface area contributed by atoms with E-state index in [2.05, 4.69) is 20.0 Å². The van der Waals surface area contributed by atoms with Crippen molar-refractivity contribution in [2.24, 2.45) is 5.92 Å². The molecule has 0 bridgehead atoms. The number of para-hydroxylation sites is 1. The van der Waals surface area contributed by atoms with Gasteiger partial charge in [0.1, 0.15) is 5.82 Å². The van der Waals surface area contributed by atoms with E-state index in [-0.39, 0.29) is 17.6 Å². The third kappa shape index (κ3) is 3.58. The number of benzene rings is 1. The van der Waals surface area contributed by atoms with Gasteiger partial charge in [0, 0.05) is 26.1 Å². The SMILES string of the molecule is O=C(NCCc1noc(=O)[nH]1)C1CCN(c2ccccc2F)C1. The van der Waals surface area contributed by atoms with Crippen molar-refractivity contribution in [2.45, 2.75) is 12.8 Å². The molecular formula is C15H17FN4O3. The van der Waals surface area contributed by atoms with E-state index in [4.69, 9.17) is 0 Å². The molecule has 122 valence electrons. The monoisotopic (exact) mass is 320 g/mol. The van der Waals surface area contributed by atoms with Gasteiger partial charge in [0.15, 0.2) is 5.82 Å². The van der Waals surface area contributed by atoms with Crippen LogP contribution in [0, 0.1) is 11.7 Å². The topological polar surface area (TPSA) is 91.2 Å². The van der Waals surface area contributed by atoms with Crippen molar-refractivity contribution in [3.63, 3.8) is 0 Å². The Bertz CT molecular complexity index is 742. The van der Waals surface area contributed by atoms with E-state index < -0.39 is 5.76 Å². The minimum atomic E-state index is -0.609. The van der Waals surface area contributed by atoms with Gasteiger partial charge in [0.05, 0.1) is 11.6 Å². The zero-order chi connectivity index (χ0) is 16.2. The zero-order valence-corrected chi connectivity index (χ0v) is 12.4. The number of amides is 1. The third-order valence-corrected chi connectivity index (χ3v) is 3.90. The number of halogens is 1. The van der Waals surface area contributed by atoms with Gasteiger partial charge in [-0.1, -0.05) is 17.3 Å². The maximum atomic E-state index is 13.8. The number of anilines is 1. The summed E-state index contributed by atoms with van der Waals surface area (Å²) in [6, 6.07) is 6.57. The number of carbonyl (C=O) groups is 1. The van der Waals surface area contributed by atoms with E-state index in [1.807, 2.05) is 4.90 Å². The first-order chi connectivity index (χ1) is 11.1. The van der Waals surface area contributed by atoms with Gasteiger partial charge >= 0.3 is 5.76 Å². The summed E-state index contributed by atoms with van der Waals surface area (Å²) in [6.07, 6.45) is 1.07. The quantitative estimate of drug-likeness (QED) is 0.846. The van der Waals surface area contributed by atoms with Crippen LogP contribution >= 0.6 is 0 Å². The summed E-state index contributed by atoms with van der Waals surface area (Å²) in [5.74, 6) is -0.735. The van der Waals surface area contributed by atoms with Crippen LogP contribution < -0.4 is 16.0 Å². The molecular weight excluding hydrogens is 303 g/mol. The molecule has 2 heterocycles. The molecule has 1 unspecified atom stereocenters. The van der Waals surface area contributed by atoms with Gasteiger partial charge in [-0.2, -0.15) is 0 Å². The molecule has 1 aromatic carbocycles. The van der Waals surface area contributed by atoms with Crippen LogP contribution in [0.3, 0.4) is 0 Å². The van der Waals surface area contributed by atoms with Crippen molar-refractivity contribution in [3.8, 4) is 0 Å². The van der Waals surface area contributed by atoms with Gasteiger partial charge in [0.25, 0.3) is 0 Å². The van der Waals surface area contributed by atoms with Crippen molar-refractivity contribution in [2.75, 3.05) is 24.5 Å². The van der Waals surface area contributed by atoms with Crippen molar-refractivity contribution >= 4 is 11.6 Å². The Labute approximate surface area is 131 Å². The van der Waals surface area contributed by atoms with Crippen LogP contribution in [0.25, 0.3) is 0 Å². The summed E-state index contributed by atoms with van der Waals surface area (Å²) in [4.78, 5) is 27.2. The number of hydrogen-bond acceptors (Lipinski definition) is 5. The van der Waals surface area contributed by atoms with Crippen molar-refractivity contribution in [3.05, 3.63) is 46.5 Å². The number of rotatable bonds is 5. The summed E-state index contributed by atoms with van der Waals surface area (Å²) >= 11 is 0. The fraction of sp³-hybridized carbons (Fsp3) is 0.400. The average Bonchev–Trinajstić information content (AvgIpc) is 3.17. The van der Waals surface area contributed by atoms with Crippen LogP contribution in [-0.2, 0) is 11.2 Å². The highest BCUT2D eigenvalue weighted by molar-refractivity contribution is 5.80. The zero-order valence-electron chi connectivity index (χ0n) is 12.4. The predicted octanol–water partition coefficient (Wildman–Crippen LogP) is 0.687. The number of aromatic nitrogens is 2. The molecule has 0 aliphatic carbocycles. The van der Waals surface area contributed by atoms with E-state index in [1.165, 1.54) is 6.07 Å². The highest BCUT2D eigenvalue weighted by atomic mass is 19.1. The van der Waals surface area contributed by atoms with Gasteiger partial charge in [0.2, 0.25) is 5.91 Å². The maximum absolute atomic E-state index is 13.8. The summed E-state index contributed by atoms with van der Waals surface area (Å²) < 4.78 is 18.2. The number of hydrogen-bond donors (Lipinski definition) is 2. The Kier molecular flexibility index (Phi) is 4.40. The first-order valence-corrected chi connectivity index (χ1v) is 7.45. The number of nitrogens with one attached hydrogen (secondary N) is 2. The lowest BCUT2D eigenvalue weighted by Gasteiger charge is -2.19. The second-order valence-corrected chi connectivity index (χ2v) is 5.47. The van der Waals surface area contributed by atoms with Crippen molar-refractivity contribution in [1.29, 1.82) is 0 Å². The molecule has 1 aliphatic rings. The number of carbonyl (C=O) groups excluding carboxylic acids is 1. The van der Waals surface area contributed by atoms with E-state index >= 15 is 0 Å². The molecule has 1 saturated heterocycles. The normalized spacial score (nSPS) is 17.4. The van der Waals surface area contributed by atoms with Crippen LogP contribution in [0.1, 0.15) is 12.2 Å². The minimum absolute atomic E-state index is 0.0744. The van der Waals surface area contributed by atoms with Gasteiger partial charge in [-0.15, -0.1) is 0 Å². The summed E-state index contributed by atoms with van der Waals surface area (Å²) in [6.45, 7) is 1.50. The van der Waals surface area contributed by atoms with E-state index in [0.29, 0.717) is 44.0 Å². The molecule has 8 heteroatoms. The largest absolute Gasteiger partial charge is 0.438 e. The molecule has 0 radical (unpaired) electrons. The number of H-pyrrole nitrogens is 1. The van der Waals surface area contributed by atoms with Crippen LogP contribution in [-0.4, -0.2) is 35.7 Å². The number of aromatic amines is 1. The Hall–Kier alpha value is -2.64. The van der Waals surface area contributed by atoms with E-state index in [0.717, 1.165) is 0 Å². The highest BCUT2D eigenvalue weighted by Gasteiger charge is 2.29. The lowest BCUT2D eigenvalue weighted by Crippen LogP contribution is -2.34. The smallest absolute Gasteiger partial charge is 0.368 e. The van der Waals surface area contributed by atoms with Crippen LogP contribution in [0.15, 0.2) is 33.6 Å². The van der Waals surface area contributed by atoms with Crippen molar-refractivity contribution in [1.82, 2.24) is 15.5 Å². The molecule has 3 rings (SSSR count).